The summed E-state index contributed by atoms with van der Waals surface area (Å²) in [5, 5.41) is 18.6. The highest BCUT2D eigenvalue weighted by Crippen LogP contribution is 2.33. The van der Waals surface area contributed by atoms with Gasteiger partial charge in [0.15, 0.2) is 0 Å². The molecule has 0 unspecified atom stereocenters. The molecule has 0 spiro atoms. The van der Waals surface area contributed by atoms with Crippen molar-refractivity contribution >= 4 is 17.3 Å². The molecule has 0 aliphatic rings. The van der Waals surface area contributed by atoms with E-state index in [1.54, 1.807) is 19.1 Å². The van der Waals surface area contributed by atoms with Gasteiger partial charge in [-0.3, -0.25) is 0 Å². The van der Waals surface area contributed by atoms with Crippen LogP contribution in [0.4, 0.5) is 11.4 Å². The first kappa shape index (κ1) is 17.4. The van der Waals surface area contributed by atoms with Crippen molar-refractivity contribution < 1.29 is 14.6 Å². The molecule has 0 aromatic heterocycles. The van der Waals surface area contributed by atoms with Gasteiger partial charge in [0.1, 0.15) is 18.0 Å². The number of rotatable bonds is 5. The molecule has 0 amide bonds. The van der Waals surface area contributed by atoms with E-state index in [-0.39, 0.29) is 12.4 Å². The Kier molecular flexibility index (Phi) is 5.47. The number of azo groups is 1. The van der Waals surface area contributed by atoms with Gasteiger partial charge in [-0.2, -0.15) is 5.11 Å². The molecule has 5 heteroatoms. The number of esters is 1. The summed E-state index contributed by atoms with van der Waals surface area (Å²) in [6.07, 6.45) is 0. The average molecular weight is 324 g/mol. The summed E-state index contributed by atoms with van der Waals surface area (Å²) in [5.74, 6) is -0.551. The van der Waals surface area contributed by atoms with Crippen LogP contribution in [0.1, 0.15) is 23.6 Å². The van der Waals surface area contributed by atoms with Gasteiger partial charge in [0.2, 0.25) is 0 Å². The van der Waals surface area contributed by atoms with Gasteiger partial charge in [-0.1, -0.05) is 24.3 Å². The van der Waals surface area contributed by atoms with Crippen LogP contribution in [0.25, 0.3) is 0 Å². The van der Waals surface area contributed by atoms with Gasteiger partial charge in [-0.25, -0.2) is 4.79 Å². The van der Waals surface area contributed by atoms with E-state index in [9.17, 15) is 9.90 Å². The highest BCUT2D eigenvalue weighted by molar-refractivity contribution is 5.86. The van der Waals surface area contributed by atoms with E-state index in [1.165, 1.54) is 0 Å². The Hall–Kier alpha value is -2.95. The van der Waals surface area contributed by atoms with Gasteiger partial charge in [0.25, 0.3) is 0 Å². The van der Waals surface area contributed by atoms with Gasteiger partial charge in [0.05, 0.1) is 5.69 Å². The Morgan fingerprint density at radius 3 is 2.42 bits per heavy atom. The molecule has 24 heavy (non-hydrogen) atoms. The van der Waals surface area contributed by atoms with E-state index >= 15 is 0 Å². The number of ether oxygens (including phenoxy) is 1. The first-order chi connectivity index (χ1) is 11.4. The van der Waals surface area contributed by atoms with E-state index < -0.39 is 5.97 Å². The summed E-state index contributed by atoms with van der Waals surface area (Å²) in [6, 6.07) is 11.0. The lowest BCUT2D eigenvalue weighted by atomic mass is 10.1. The first-order valence-electron chi connectivity index (χ1n) is 7.50. The molecule has 5 nitrogen and oxygen atoms in total. The maximum absolute atomic E-state index is 11.5. The molecule has 2 aromatic rings. The van der Waals surface area contributed by atoms with E-state index in [0.717, 1.165) is 11.1 Å². The summed E-state index contributed by atoms with van der Waals surface area (Å²) < 4.78 is 5.09. The number of nitrogens with zero attached hydrogens (tertiary/aromatic N) is 2. The zero-order valence-electron chi connectivity index (χ0n) is 14.0. The smallest absolute Gasteiger partial charge is 0.333 e. The van der Waals surface area contributed by atoms with Crippen molar-refractivity contribution in [2.45, 2.75) is 27.4 Å². The maximum atomic E-state index is 11.5. The quantitative estimate of drug-likeness (QED) is 0.475. The van der Waals surface area contributed by atoms with Crippen LogP contribution < -0.4 is 0 Å². The summed E-state index contributed by atoms with van der Waals surface area (Å²) in [5.41, 5.74) is 3.82. The number of aromatic hydroxyl groups is 1. The van der Waals surface area contributed by atoms with Crippen molar-refractivity contribution in [3.05, 3.63) is 65.2 Å². The van der Waals surface area contributed by atoms with Gasteiger partial charge in [-0.05, 0) is 50.6 Å². The molecule has 0 aliphatic carbocycles. The number of aryl methyl sites for hydroxylation is 2. The molecular weight excluding hydrogens is 304 g/mol. The molecule has 0 bridgehead atoms. The van der Waals surface area contributed by atoms with E-state index in [0.29, 0.717) is 22.5 Å². The molecule has 0 radical (unpaired) electrons. The lowest BCUT2D eigenvalue weighted by molar-refractivity contribution is -0.140. The second-order valence-corrected chi connectivity index (χ2v) is 5.68. The minimum atomic E-state index is -0.501. The number of carbonyl (C=O) groups excluding carboxylic acids is 1. The molecule has 2 aromatic carbocycles. The number of phenols is 1. The summed E-state index contributed by atoms with van der Waals surface area (Å²) in [7, 11) is 0. The number of hydrogen-bond acceptors (Lipinski definition) is 5. The largest absolute Gasteiger partial charge is 0.505 e. The second kappa shape index (κ2) is 7.55. The molecule has 0 atom stereocenters. The van der Waals surface area contributed by atoms with Crippen molar-refractivity contribution in [3.63, 3.8) is 0 Å². The van der Waals surface area contributed by atoms with Crippen molar-refractivity contribution in [1.29, 1.82) is 0 Å². The van der Waals surface area contributed by atoms with Crippen LogP contribution >= 0.6 is 0 Å². The number of carbonyl (C=O) groups is 1. The van der Waals surface area contributed by atoms with Gasteiger partial charge in [0, 0.05) is 11.1 Å². The third-order valence-corrected chi connectivity index (χ3v) is 3.33. The molecule has 1 N–H and O–H groups in total. The number of hydrogen-bond donors (Lipinski definition) is 1. The van der Waals surface area contributed by atoms with Crippen LogP contribution in [0.5, 0.6) is 5.75 Å². The lowest BCUT2D eigenvalue weighted by Crippen LogP contribution is -2.05. The molecular formula is C19H20N2O3. The fourth-order valence-corrected chi connectivity index (χ4v) is 2.01. The summed E-state index contributed by atoms with van der Waals surface area (Å²) in [4.78, 5) is 11.5. The lowest BCUT2D eigenvalue weighted by Gasteiger charge is -2.09. The van der Waals surface area contributed by atoms with Crippen molar-refractivity contribution in [3.8, 4) is 5.75 Å². The second-order valence-electron chi connectivity index (χ2n) is 5.68. The maximum Gasteiger partial charge on any atom is 0.333 e. The Balaban J connectivity index is 2.22. The molecule has 124 valence electrons. The van der Waals surface area contributed by atoms with Gasteiger partial charge in [-0.15, -0.1) is 5.11 Å². The van der Waals surface area contributed by atoms with E-state index in [4.69, 9.17) is 4.74 Å². The SMILES string of the molecule is C=C(C)C(=O)OCc1cc(C)cc(N=Nc2ccc(C)cc2)c1O. The molecule has 0 saturated heterocycles. The van der Waals surface area contributed by atoms with Gasteiger partial charge < -0.3 is 9.84 Å². The molecule has 0 fully saturated rings. The van der Waals surface area contributed by atoms with Crippen LogP contribution in [-0.2, 0) is 16.1 Å². The Morgan fingerprint density at radius 1 is 1.12 bits per heavy atom. The van der Waals surface area contributed by atoms with Crippen molar-refractivity contribution in [2.75, 3.05) is 0 Å². The third kappa shape index (κ3) is 4.52. The monoisotopic (exact) mass is 324 g/mol. The highest BCUT2D eigenvalue weighted by atomic mass is 16.5. The molecule has 0 heterocycles. The standard InChI is InChI=1S/C19H20N2O3/c1-12(2)19(23)24-11-15-9-14(4)10-17(18(15)22)21-20-16-7-5-13(3)6-8-16/h5-10,22H,1,11H2,2-4H3. The fourth-order valence-electron chi connectivity index (χ4n) is 2.01. The Labute approximate surface area is 141 Å². The predicted molar refractivity (Wildman–Crippen MR) is 92.8 cm³/mol. The van der Waals surface area contributed by atoms with Gasteiger partial charge >= 0.3 is 5.97 Å². The third-order valence-electron chi connectivity index (χ3n) is 3.33. The number of benzene rings is 2. The van der Waals surface area contributed by atoms with Crippen LogP contribution in [0.3, 0.4) is 0 Å². The average Bonchev–Trinajstić information content (AvgIpc) is 2.55. The van der Waals surface area contributed by atoms with Crippen molar-refractivity contribution in [1.82, 2.24) is 0 Å². The van der Waals surface area contributed by atoms with E-state index in [2.05, 4.69) is 16.8 Å². The minimum absolute atomic E-state index is 0.0493. The first-order valence-corrected chi connectivity index (χ1v) is 7.50. The zero-order chi connectivity index (χ0) is 17.7. The summed E-state index contributed by atoms with van der Waals surface area (Å²) >= 11 is 0. The zero-order valence-corrected chi connectivity index (χ0v) is 14.0. The molecule has 0 aliphatic heterocycles. The molecule has 2 rings (SSSR count). The predicted octanol–water partition coefficient (Wildman–Crippen LogP) is 5.04. The Morgan fingerprint density at radius 2 is 1.79 bits per heavy atom. The van der Waals surface area contributed by atoms with Crippen LogP contribution in [0, 0.1) is 13.8 Å². The Bertz CT molecular complexity index is 793. The molecule has 0 saturated carbocycles. The van der Waals surface area contributed by atoms with Crippen LogP contribution in [0.15, 0.2) is 58.8 Å². The summed E-state index contributed by atoms with van der Waals surface area (Å²) in [6.45, 7) is 8.90. The number of phenolic OH excluding ortho intramolecular Hbond substituents is 1. The highest BCUT2D eigenvalue weighted by Gasteiger charge is 2.11. The minimum Gasteiger partial charge on any atom is -0.505 e. The van der Waals surface area contributed by atoms with Crippen LogP contribution in [0.2, 0.25) is 0 Å². The normalized spacial score (nSPS) is 10.8. The van der Waals surface area contributed by atoms with E-state index in [1.807, 2.05) is 38.1 Å². The van der Waals surface area contributed by atoms with Crippen LogP contribution in [-0.4, -0.2) is 11.1 Å². The topological polar surface area (TPSA) is 71.2 Å². The fraction of sp³-hybridized carbons (Fsp3) is 0.211. The van der Waals surface area contributed by atoms with Crippen molar-refractivity contribution in [2.24, 2.45) is 10.2 Å².